The lowest BCUT2D eigenvalue weighted by molar-refractivity contribution is 0.0526. The summed E-state index contributed by atoms with van der Waals surface area (Å²) >= 11 is 5.80. The van der Waals surface area contributed by atoms with Gasteiger partial charge < -0.3 is 20.5 Å². The molecule has 2 amide bonds. The average molecular weight is 343 g/mol. The summed E-state index contributed by atoms with van der Waals surface area (Å²) in [6.07, 6.45) is 0.926. The van der Waals surface area contributed by atoms with Gasteiger partial charge in [0, 0.05) is 18.1 Å². The van der Waals surface area contributed by atoms with Crippen LogP contribution in [0.5, 0.6) is 5.75 Å². The van der Waals surface area contributed by atoms with Crippen molar-refractivity contribution in [3.05, 3.63) is 28.8 Å². The first-order valence-corrected chi connectivity index (χ1v) is 7.80. The van der Waals surface area contributed by atoms with E-state index in [0.717, 1.165) is 0 Å². The number of halogens is 1. The number of ether oxygens (including phenoxy) is 1. The molecule has 0 saturated heterocycles. The van der Waals surface area contributed by atoms with Gasteiger partial charge in [0.05, 0.1) is 5.56 Å². The van der Waals surface area contributed by atoms with Crippen molar-refractivity contribution in [2.45, 2.75) is 39.2 Å². The van der Waals surface area contributed by atoms with E-state index in [0.29, 0.717) is 31.0 Å². The van der Waals surface area contributed by atoms with Crippen molar-refractivity contribution in [1.82, 2.24) is 10.6 Å². The molecular formula is C16H23ClN2O4. The van der Waals surface area contributed by atoms with E-state index in [4.69, 9.17) is 16.3 Å². The molecular weight excluding hydrogens is 320 g/mol. The highest BCUT2D eigenvalue weighted by Gasteiger charge is 2.15. The fourth-order valence-electron chi connectivity index (χ4n) is 1.74. The topological polar surface area (TPSA) is 87.7 Å². The largest absolute Gasteiger partial charge is 0.507 e. The number of carbonyl (C=O) groups is 2. The Morgan fingerprint density at radius 2 is 1.78 bits per heavy atom. The van der Waals surface area contributed by atoms with Crippen LogP contribution in [0.25, 0.3) is 0 Å². The molecule has 0 bridgehead atoms. The molecule has 1 aromatic rings. The van der Waals surface area contributed by atoms with E-state index >= 15 is 0 Å². The van der Waals surface area contributed by atoms with Crippen LogP contribution < -0.4 is 10.6 Å². The summed E-state index contributed by atoms with van der Waals surface area (Å²) in [5, 5.41) is 15.3. The number of alkyl carbamates (subject to hydrolysis) is 1. The lowest BCUT2D eigenvalue weighted by atomic mass is 10.2. The minimum absolute atomic E-state index is 0.113. The van der Waals surface area contributed by atoms with Crippen LogP contribution in [0, 0.1) is 0 Å². The van der Waals surface area contributed by atoms with E-state index < -0.39 is 11.7 Å². The Morgan fingerprint density at radius 3 is 2.39 bits per heavy atom. The molecule has 0 radical (unpaired) electrons. The van der Waals surface area contributed by atoms with Crippen LogP contribution in [-0.4, -0.2) is 35.8 Å². The Kier molecular flexibility index (Phi) is 7.16. The first-order valence-electron chi connectivity index (χ1n) is 7.42. The third kappa shape index (κ3) is 7.74. The lowest BCUT2D eigenvalue weighted by Crippen LogP contribution is -2.33. The highest BCUT2D eigenvalue weighted by molar-refractivity contribution is 6.31. The Bertz CT molecular complexity index is 556. The second-order valence-electron chi connectivity index (χ2n) is 6.05. The van der Waals surface area contributed by atoms with Crippen molar-refractivity contribution in [3.8, 4) is 5.75 Å². The molecule has 7 heteroatoms. The van der Waals surface area contributed by atoms with E-state index in [1.807, 2.05) is 0 Å². The maximum atomic E-state index is 11.9. The normalized spacial score (nSPS) is 11.0. The second-order valence-corrected chi connectivity index (χ2v) is 6.49. The summed E-state index contributed by atoms with van der Waals surface area (Å²) in [4.78, 5) is 23.3. The lowest BCUT2D eigenvalue weighted by Gasteiger charge is -2.19. The number of hydrogen-bond acceptors (Lipinski definition) is 4. The predicted molar refractivity (Wildman–Crippen MR) is 88.9 cm³/mol. The van der Waals surface area contributed by atoms with E-state index in [-0.39, 0.29) is 17.2 Å². The average Bonchev–Trinajstić information content (AvgIpc) is 2.43. The fraction of sp³-hybridized carbons (Fsp3) is 0.500. The van der Waals surface area contributed by atoms with Crippen LogP contribution in [0.15, 0.2) is 18.2 Å². The van der Waals surface area contributed by atoms with Crippen molar-refractivity contribution >= 4 is 23.6 Å². The molecule has 23 heavy (non-hydrogen) atoms. The molecule has 1 aromatic carbocycles. The molecule has 0 aliphatic rings. The van der Waals surface area contributed by atoms with Gasteiger partial charge >= 0.3 is 6.09 Å². The number of rotatable bonds is 6. The van der Waals surface area contributed by atoms with Gasteiger partial charge in [-0.2, -0.15) is 0 Å². The highest BCUT2D eigenvalue weighted by atomic mass is 35.5. The quantitative estimate of drug-likeness (QED) is 0.693. The van der Waals surface area contributed by atoms with Gasteiger partial charge in [-0.15, -0.1) is 0 Å². The number of aromatic hydroxyl groups is 1. The maximum absolute atomic E-state index is 11.9. The zero-order valence-electron chi connectivity index (χ0n) is 13.6. The first-order chi connectivity index (χ1) is 10.7. The van der Waals surface area contributed by atoms with Gasteiger partial charge in [-0.3, -0.25) is 4.79 Å². The van der Waals surface area contributed by atoms with Crippen molar-refractivity contribution in [1.29, 1.82) is 0 Å². The molecule has 128 valence electrons. The number of nitrogens with one attached hydrogen (secondary N) is 2. The van der Waals surface area contributed by atoms with Crippen LogP contribution in [0.1, 0.15) is 44.0 Å². The van der Waals surface area contributed by atoms with Gasteiger partial charge in [0.25, 0.3) is 5.91 Å². The Balaban J connectivity index is 2.21. The minimum Gasteiger partial charge on any atom is -0.507 e. The molecule has 0 aliphatic carbocycles. The fourth-order valence-corrected chi connectivity index (χ4v) is 1.91. The van der Waals surface area contributed by atoms with Gasteiger partial charge in [-0.25, -0.2) is 4.79 Å². The standard InChI is InChI=1S/C16H23ClN2O4/c1-16(2,3)23-15(22)19-9-5-4-8-18-14(21)12-10-11(17)6-7-13(12)20/h6-7,10,20H,4-5,8-9H2,1-3H3,(H,18,21)(H,19,22). The van der Waals surface area contributed by atoms with E-state index in [1.54, 1.807) is 20.8 Å². The third-order valence-electron chi connectivity index (χ3n) is 2.76. The summed E-state index contributed by atoms with van der Waals surface area (Å²) in [5.74, 6) is -0.497. The van der Waals surface area contributed by atoms with Gasteiger partial charge in [0.2, 0.25) is 0 Å². The molecule has 0 aromatic heterocycles. The number of phenolic OH excluding ortho intramolecular Hbond substituents is 1. The predicted octanol–water partition coefficient (Wildman–Crippen LogP) is 3.08. The Hall–Kier alpha value is -1.95. The zero-order valence-corrected chi connectivity index (χ0v) is 14.4. The van der Waals surface area contributed by atoms with Crippen molar-refractivity contribution in [3.63, 3.8) is 0 Å². The summed E-state index contributed by atoms with van der Waals surface area (Å²) in [7, 11) is 0. The van der Waals surface area contributed by atoms with Gasteiger partial charge in [-0.05, 0) is 51.8 Å². The summed E-state index contributed by atoms with van der Waals surface area (Å²) in [6.45, 7) is 6.29. The number of amides is 2. The van der Waals surface area contributed by atoms with Crippen LogP contribution in [0.2, 0.25) is 5.02 Å². The van der Waals surface area contributed by atoms with Gasteiger partial charge in [-0.1, -0.05) is 11.6 Å². The van der Waals surface area contributed by atoms with Crippen LogP contribution in [0.4, 0.5) is 4.79 Å². The molecule has 0 saturated carbocycles. The number of carbonyl (C=O) groups excluding carboxylic acids is 2. The molecule has 6 nitrogen and oxygen atoms in total. The number of hydrogen-bond donors (Lipinski definition) is 3. The molecule has 0 unspecified atom stereocenters. The number of unbranched alkanes of at least 4 members (excludes halogenated alkanes) is 1. The molecule has 0 spiro atoms. The number of phenols is 1. The first kappa shape index (κ1) is 19.1. The summed E-state index contributed by atoms with van der Waals surface area (Å²) in [5.41, 5.74) is -0.374. The van der Waals surface area contributed by atoms with Gasteiger partial charge in [0.1, 0.15) is 11.4 Å². The van der Waals surface area contributed by atoms with Gasteiger partial charge in [0.15, 0.2) is 0 Å². The molecule has 0 atom stereocenters. The third-order valence-corrected chi connectivity index (χ3v) is 3.00. The SMILES string of the molecule is CC(C)(C)OC(=O)NCCCCNC(=O)c1cc(Cl)ccc1O. The van der Waals surface area contributed by atoms with Crippen LogP contribution in [-0.2, 0) is 4.74 Å². The molecule has 0 heterocycles. The maximum Gasteiger partial charge on any atom is 0.407 e. The molecule has 0 aliphatic heterocycles. The molecule has 1 rings (SSSR count). The highest BCUT2D eigenvalue weighted by Crippen LogP contribution is 2.21. The molecule has 3 N–H and O–H groups in total. The van der Waals surface area contributed by atoms with Crippen LogP contribution in [0.3, 0.4) is 0 Å². The summed E-state index contributed by atoms with van der Waals surface area (Å²) < 4.78 is 5.10. The van der Waals surface area contributed by atoms with E-state index in [9.17, 15) is 14.7 Å². The Morgan fingerprint density at radius 1 is 1.17 bits per heavy atom. The van der Waals surface area contributed by atoms with Crippen molar-refractivity contribution in [2.75, 3.05) is 13.1 Å². The molecule has 0 fully saturated rings. The van der Waals surface area contributed by atoms with Crippen molar-refractivity contribution < 1.29 is 19.4 Å². The second kappa shape index (κ2) is 8.62. The minimum atomic E-state index is -0.517. The summed E-state index contributed by atoms with van der Waals surface area (Å²) in [6, 6.07) is 4.30. The monoisotopic (exact) mass is 342 g/mol. The van der Waals surface area contributed by atoms with E-state index in [1.165, 1.54) is 18.2 Å². The van der Waals surface area contributed by atoms with Crippen LogP contribution >= 0.6 is 11.6 Å². The smallest absolute Gasteiger partial charge is 0.407 e. The number of benzene rings is 1. The van der Waals surface area contributed by atoms with Crippen molar-refractivity contribution in [2.24, 2.45) is 0 Å². The van der Waals surface area contributed by atoms with E-state index in [2.05, 4.69) is 10.6 Å². The zero-order chi connectivity index (χ0) is 17.5. The Labute approximate surface area is 141 Å².